The molecule has 0 saturated heterocycles. The summed E-state index contributed by atoms with van der Waals surface area (Å²) in [5.41, 5.74) is 2.14. The zero-order valence-corrected chi connectivity index (χ0v) is 20.6. The summed E-state index contributed by atoms with van der Waals surface area (Å²) in [5.74, 6) is -0.235. The summed E-state index contributed by atoms with van der Waals surface area (Å²) in [4.78, 5) is 12.4. The smallest absolute Gasteiger partial charge is 0.251 e. The number of nitrogens with one attached hydrogen (secondary N) is 1. The number of sulfonamides is 1. The largest absolute Gasteiger partial charge is 0.396 e. The second-order valence-electron chi connectivity index (χ2n) is 7.87. The summed E-state index contributed by atoms with van der Waals surface area (Å²) in [6.07, 6.45) is 1.07. The summed E-state index contributed by atoms with van der Waals surface area (Å²) in [5, 5.41) is 12.1. The van der Waals surface area contributed by atoms with Crippen molar-refractivity contribution in [2.75, 3.05) is 13.2 Å². The van der Waals surface area contributed by atoms with Crippen LogP contribution in [0.4, 0.5) is 0 Å². The lowest BCUT2D eigenvalue weighted by atomic mass is 10.0. The SMILES string of the molecule is CC[C@@H](c1ccccc1)N(Cc1ccc(C(=O)NCCCO)cc1)S(=O)(=O)c1ccc(Cl)cc1. The maximum Gasteiger partial charge on any atom is 0.251 e. The molecule has 2 N–H and O–H groups in total. The van der Waals surface area contributed by atoms with E-state index in [0.29, 0.717) is 30.0 Å². The lowest BCUT2D eigenvalue weighted by Gasteiger charge is -2.31. The number of hydrogen-bond donors (Lipinski definition) is 2. The molecule has 0 unspecified atom stereocenters. The molecule has 0 saturated carbocycles. The van der Waals surface area contributed by atoms with Crippen molar-refractivity contribution >= 4 is 27.5 Å². The van der Waals surface area contributed by atoms with E-state index < -0.39 is 10.0 Å². The maximum absolute atomic E-state index is 13.7. The van der Waals surface area contributed by atoms with E-state index in [0.717, 1.165) is 11.1 Å². The molecule has 0 aliphatic heterocycles. The molecule has 1 amide bonds. The fourth-order valence-electron chi connectivity index (χ4n) is 3.71. The molecule has 180 valence electrons. The van der Waals surface area contributed by atoms with Crippen LogP contribution < -0.4 is 5.32 Å². The van der Waals surface area contributed by atoms with Gasteiger partial charge in [-0.2, -0.15) is 4.31 Å². The van der Waals surface area contributed by atoms with Crippen LogP contribution in [0.25, 0.3) is 0 Å². The van der Waals surface area contributed by atoms with E-state index in [1.54, 1.807) is 36.4 Å². The summed E-state index contributed by atoms with van der Waals surface area (Å²) in [6, 6.07) is 22.3. The zero-order valence-electron chi connectivity index (χ0n) is 19.0. The van der Waals surface area contributed by atoms with Crippen molar-refractivity contribution < 1.29 is 18.3 Å². The molecule has 0 bridgehead atoms. The number of aliphatic hydroxyl groups is 1. The minimum absolute atomic E-state index is 0.0111. The Morgan fingerprint density at radius 1 is 1.00 bits per heavy atom. The fraction of sp³-hybridized carbons (Fsp3) is 0.269. The Hall–Kier alpha value is -2.71. The minimum atomic E-state index is -3.85. The van der Waals surface area contributed by atoms with E-state index in [9.17, 15) is 13.2 Å². The van der Waals surface area contributed by atoms with Crippen molar-refractivity contribution in [3.05, 3.63) is 101 Å². The average Bonchev–Trinajstić information content (AvgIpc) is 2.85. The number of halogens is 1. The van der Waals surface area contributed by atoms with Crippen LogP contribution >= 0.6 is 11.6 Å². The highest BCUT2D eigenvalue weighted by Crippen LogP contribution is 2.32. The van der Waals surface area contributed by atoms with Crippen LogP contribution in [0.1, 0.15) is 47.3 Å². The van der Waals surface area contributed by atoms with Gasteiger partial charge in [0.1, 0.15) is 0 Å². The van der Waals surface area contributed by atoms with Crippen molar-refractivity contribution in [2.24, 2.45) is 0 Å². The van der Waals surface area contributed by atoms with Gasteiger partial charge in [-0.15, -0.1) is 0 Å². The third-order valence-corrected chi connectivity index (χ3v) is 7.63. The number of amides is 1. The van der Waals surface area contributed by atoms with Crippen molar-refractivity contribution in [3.63, 3.8) is 0 Å². The molecule has 0 aliphatic carbocycles. The van der Waals surface area contributed by atoms with Gasteiger partial charge in [-0.3, -0.25) is 4.79 Å². The Labute approximate surface area is 206 Å². The van der Waals surface area contributed by atoms with Crippen LogP contribution in [0.15, 0.2) is 83.8 Å². The molecular formula is C26H29ClN2O4S. The van der Waals surface area contributed by atoms with Gasteiger partial charge in [-0.1, -0.05) is 61.0 Å². The first-order valence-corrected chi connectivity index (χ1v) is 13.0. The van der Waals surface area contributed by atoms with E-state index in [1.165, 1.54) is 16.4 Å². The monoisotopic (exact) mass is 500 g/mol. The quantitative estimate of drug-likeness (QED) is 0.370. The normalized spacial score (nSPS) is 12.5. The summed E-state index contributed by atoms with van der Waals surface area (Å²) in [6.45, 7) is 2.50. The lowest BCUT2D eigenvalue weighted by Crippen LogP contribution is -2.34. The van der Waals surface area contributed by atoms with Crippen LogP contribution in [0.2, 0.25) is 5.02 Å². The number of carbonyl (C=O) groups excluding carboxylic acids is 1. The molecule has 0 aromatic heterocycles. The highest BCUT2D eigenvalue weighted by Gasteiger charge is 2.31. The van der Waals surface area contributed by atoms with Crippen LogP contribution in [-0.4, -0.2) is 36.9 Å². The van der Waals surface area contributed by atoms with Gasteiger partial charge < -0.3 is 10.4 Å². The van der Waals surface area contributed by atoms with E-state index in [-0.39, 0.29) is 30.0 Å². The van der Waals surface area contributed by atoms with Gasteiger partial charge in [0.05, 0.1) is 10.9 Å². The molecule has 8 heteroatoms. The number of aliphatic hydroxyl groups excluding tert-OH is 1. The highest BCUT2D eigenvalue weighted by molar-refractivity contribution is 7.89. The van der Waals surface area contributed by atoms with Gasteiger partial charge in [-0.05, 0) is 60.4 Å². The number of benzene rings is 3. The van der Waals surface area contributed by atoms with Gasteiger partial charge in [0.25, 0.3) is 5.91 Å². The van der Waals surface area contributed by atoms with Gasteiger partial charge in [-0.25, -0.2) is 8.42 Å². The van der Waals surface area contributed by atoms with E-state index >= 15 is 0 Å². The van der Waals surface area contributed by atoms with Crippen LogP contribution in [0.3, 0.4) is 0 Å². The Bertz CT molecular complexity index is 1170. The minimum Gasteiger partial charge on any atom is -0.396 e. The van der Waals surface area contributed by atoms with Crippen LogP contribution in [-0.2, 0) is 16.6 Å². The zero-order chi connectivity index (χ0) is 24.6. The van der Waals surface area contributed by atoms with Gasteiger partial charge in [0, 0.05) is 30.3 Å². The van der Waals surface area contributed by atoms with Crippen LogP contribution in [0, 0.1) is 0 Å². The van der Waals surface area contributed by atoms with E-state index in [4.69, 9.17) is 16.7 Å². The molecule has 6 nitrogen and oxygen atoms in total. The predicted octanol–water partition coefficient (Wildman–Crippen LogP) is 4.79. The molecule has 3 aromatic rings. The highest BCUT2D eigenvalue weighted by atomic mass is 35.5. The summed E-state index contributed by atoms with van der Waals surface area (Å²) in [7, 11) is -3.85. The Balaban J connectivity index is 1.93. The van der Waals surface area contributed by atoms with Gasteiger partial charge in [0.15, 0.2) is 0 Å². The topological polar surface area (TPSA) is 86.7 Å². The predicted molar refractivity (Wildman–Crippen MR) is 134 cm³/mol. The molecular weight excluding hydrogens is 472 g/mol. The lowest BCUT2D eigenvalue weighted by molar-refractivity contribution is 0.0951. The van der Waals surface area contributed by atoms with Gasteiger partial charge >= 0.3 is 0 Å². The van der Waals surface area contributed by atoms with E-state index in [2.05, 4.69) is 5.32 Å². The molecule has 0 fully saturated rings. The van der Waals surface area contributed by atoms with Crippen LogP contribution in [0.5, 0.6) is 0 Å². The fourth-order valence-corrected chi connectivity index (χ4v) is 5.51. The molecule has 34 heavy (non-hydrogen) atoms. The third kappa shape index (κ3) is 6.45. The first kappa shape index (κ1) is 25.9. The third-order valence-electron chi connectivity index (χ3n) is 5.51. The van der Waals surface area contributed by atoms with Crippen molar-refractivity contribution in [1.29, 1.82) is 0 Å². The maximum atomic E-state index is 13.7. The number of hydrogen-bond acceptors (Lipinski definition) is 4. The molecule has 1 atom stereocenters. The second-order valence-corrected chi connectivity index (χ2v) is 10.2. The standard InChI is InChI=1S/C26H29ClN2O4S/c1-2-25(21-7-4-3-5-8-21)29(34(32,33)24-15-13-23(27)14-16-24)19-20-9-11-22(12-10-20)26(31)28-17-6-18-30/h3-5,7-16,25,30H,2,6,17-19H2,1H3,(H,28,31)/t25-/m0/s1. The van der Waals surface area contributed by atoms with Gasteiger partial charge in [0.2, 0.25) is 10.0 Å². The molecule has 3 aromatic carbocycles. The van der Waals surface area contributed by atoms with Crippen molar-refractivity contribution in [3.8, 4) is 0 Å². The molecule has 0 radical (unpaired) electrons. The molecule has 0 spiro atoms. The average molecular weight is 501 g/mol. The molecule has 0 aliphatic rings. The van der Waals surface area contributed by atoms with Crippen molar-refractivity contribution in [2.45, 2.75) is 37.2 Å². The second kappa shape index (κ2) is 12.1. The molecule has 3 rings (SSSR count). The Morgan fingerprint density at radius 2 is 1.65 bits per heavy atom. The van der Waals surface area contributed by atoms with E-state index in [1.807, 2.05) is 37.3 Å². The summed E-state index contributed by atoms with van der Waals surface area (Å²) >= 11 is 5.98. The first-order chi connectivity index (χ1) is 16.4. The Morgan fingerprint density at radius 3 is 2.24 bits per heavy atom. The first-order valence-electron chi connectivity index (χ1n) is 11.2. The Kier molecular flexibility index (Phi) is 9.24. The molecule has 0 heterocycles. The summed E-state index contributed by atoms with van der Waals surface area (Å²) < 4.78 is 29.0. The number of nitrogens with zero attached hydrogens (tertiary/aromatic N) is 1. The number of carbonyl (C=O) groups is 1. The van der Waals surface area contributed by atoms with Crippen molar-refractivity contribution in [1.82, 2.24) is 9.62 Å². The number of rotatable bonds is 11.